The van der Waals surface area contributed by atoms with E-state index in [9.17, 15) is 4.79 Å². The van der Waals surface area contributed by atoms with Gasteiger partial charge in [-0.1, -0.05) is 25.8 Å². The maximum atomic E-state index is 11.4. The monoisotopic (exact) mass is 409 g/mol. The van der Waals surface area contributed by atoms with Gasteiger partial charge in [-0.2, -0.15) is 0 Å². The van der Waals surface area contributed by atoms with Gasteiger partial charge >= 0.3 is 0 Å². The maximum Gasteiger partial charge on any atom is 0.212 e. The summed E-state index contributed by atoms with van der Waals surface area (Å²) in [6, 6.07) is 8.06. The lowest BCUT2D eigenvalue weighted by Crippen LogP contribution is -2.16. The van der Waals surface area contributed by atoms with Crippen LogP contribution in [0.2, 0.25) is 0 Å². The van der Waals surface area contributed by atoms with Gasteiger partial charge in [-0.15, -0.1) is 0 Å². The van der Waals surface area contributed by atoms with Crippen LogP contribution in [0.5, 0.6) is 5.75 Å². The first-order valence-corrected chi connectivity index (χ1v) is 10.7. The van der Waals surface area contributed by atoms with Gasteiger partial charge in [0.2, 0.25) is 5.89 Å². The highest BCUT2D eigenvalue weighted by molar-refractivity contribution is 5.87. The van der Waals surface area contributed by atoms with Crippen LogP contribution in [0.1, 0.15) is 63.1 Å². The number of pyridine rings is 1. The van der Waals surface area contributed by atoms with Crippen molar-refractivity contribution in [2.75, 3.05) is 14.2 Å². The van der Waals surface area contributed by atoms with Gasteiger partial charge in [-0.3, -0.25) is 9.78 Å². The molecule has 0 radical (unpaired) electrons. The summed E-state index contributed by atoms with van der Waals surface area (Å²) in [5.41, 5.74) is 2.72. The zero-order chi connectivity index (χ0) is 21.5. The fraction of sp³-hybridized carbons (Fsp3) is 0.458. The molecule has 160 valence electrons. The Kier molecular flexibility index (Phi) is 7.57. The number of oxazole rings is 1. The van der Waals surface area contributed by atoms with Crippen LogP contribution in [0.4, 0.5) is 0 Å². The lowest BCUT2D eigenvalue weighted by Gasteiger charge is -2.12. The second-order valence-electron chi connectivity index (χ2n) is 7.59. The van der Waals surface area contributed by atoms with Crippen LogP contribution in [0.25, 0.3) is 22.2 Å². The number of carbonyl (C=O) groups is 1. The molecule has 2 aromatic heterocycles. The van der Waals surface area contributed by atoms with Crippen molar-refractivity contribution in [2.45, 2.75) is 58.4 Å². The Morgan fingerprint density at radius 1 is 1.23 bits per heavy atom. The standard InChI is InChI=1S/C24H31N3O3/c1-5-18(28)9-7-6-8-10-20(25-3)24-26-15-23(30-24)19-13-17-12-11-16(2)27-21(17)14-22(19)29-4/h11-15,20,25H,5-10H2,1-4H3/t20-/m0/s1. The third-order valence-corrected chi connectivity index (χ3v) is 5.43. The van der Waals surface area contributed by atoms with E-state index in [1.807, 2.05) is 39.1 Å². The van der Waals surface area contributed by atoms with E-state index in [1.54, 1.807) is 13.3 Å². The van der Waals surface area contributed by atoms with Crippen molar-refractivity contribution >= 4 is 16.7 Å². The predicted octanol–water partition coefficient (Wildman–Crippen LogP) is 5.40. The summed E-state index contributed by atoms with van der Waals surface area (Å²) >= 11 is 0. The summed E-state index contributed by atoms with van der Waals surface area (Å²) in [6.07, 6.45) is 6.97. The molecule has 1 N–H and O–H groups in total. The molecule has 6 heteroatoms. The number of benzene rings is 1. The summed E-state index contributed by atoms with van der Waals surface area (Å²) in [5, 5.41) is 4.32. The number of hydrogen-bond donors (Lipinski definition) is 1. The number of ketones is 1. The van der Waals surface area contributed by atoms with E-state index in [0.29, 0.717) is 36.0 Å². The van der Waals surface area contributed by atoms with Gasteiger partial charge in [-0.25, -0.2) is 4.98 Å². The first-order valence-electron chi connectivity index (χ1n) is 10.7. The van der Waals surface area contributed by atoms with Crippen LogP contribution in [0.15, 0.2) is 34.9 Å². The van der Waals surface area contributed by atoms with Crippen LogP contribution < -0.4 is 10.1 Å². The number of methoxy groups -OCH3 is 1. The van der Waals surface area contributed by atoms with E-state index >= 15 is 0 Å². The van der Waals surface area contributed by atoms with Gasteiger partial charge in [0, 0.05) is 30.0 Å². The molecule has 0 fully saturated rings. The number of nitrogens with zero attached hydrogens (tertiary/aromatic N) is 2. The number of unbranched alkanes of at least 4 members (excludes halogenated alkanes) is 2. The normalized spacial score (nSPS) is 12.3. The third-order valence-electron chi connectivity index (χ3n) is 5.43. The minimum atomic E-state index is 0.0383. The highest BCUT2D eigenvalue weighted by Crippen LogP contribution is 2.35. The predicted molar refractivity (Wildman–Crippen MR) is 119 cm³/mol. The molecule has 0 amide bonds. The fourth-order valence-corrected chi connectivity index (χ4v) is 3.60. The minimum Gasteiger partial charge on any atom is -0.496 e. The number of aryl methyl sites for hydroxylation is 1. The number of rotatable bonds is 11. The van der Waals surface area contributed by atoms with Gasteiger partial charge in [0.15, 0.2) is 5.76 Å². The maximum absolute atomic E-state index is 11.4. The number of carbonyl (C=O) groups excluding carboxylic acids is 1. The van der Waals surface area contributed by atoms with E-state index in [0.717, 1.165) is 47.8 Å². The third kappa shape index (κ3) is 5.25. The Morgan fingerprint density at radius 2 is 2.07 bits per heavy atom. The molecule has 0 unspecified atom stereocenters. The molecule has 6 nitrogen and oxygen atoms in total. The topological polar surface area (TPSA) is 77.2 Å². The van der Waals surface area contributed by atoms with Gasteiger partial charge in [0.1, 0.15) is 11.5 Å². The Labute approximate surface area is 178 Å². The van der Waals surface area contributed by atoms with Gasteiger partial charge < -0.3 is 14.5 Å². The van der Waals surface area contributed by atoms with Crippen LogP contribution in [-0.4, -0.2) is 29.9 Å². The molecule has 30 heavy (non-hydrogen) atoms. The van der Waals surface area contributed by atoms with Crippen LogP contribution in [0.3, 0.4) is 0 Å². The zero-order valence-corrected chi connectivity index (χ0v) is 18.3. The number of fused-ring (bicyclic) bond motifs is 1. The molecule has 0 saturated heterocycles. The van der Waals surface area contributed by atoms with Crippen molar-refractivity contribution in [3.8, 4) is 17.1 Å². The molecule has 3 aromatic rings. The average Bonchev–Trinajstić information content (AvgIpc) is 3.24. The number of Topliss-reactive ketones (excluding diaryl/α,β-unsaturated/α-hetero) is 1. The molecule has 3 rings (SSSR count). The zero-order valence-electron chi connectivity index (χ0n) is 18.3. The summed E-state index contributed by atoms with van der Waals surface area (Å²) in [5.74, 6) is 2.40. The smallest absolute Gasteiger partial charge is 0.212 e. The highest BCUT2D eigenvalue weighted by atomic mass is 16.5. The SMILES string of the molecule is CCC(=O)CCCCC[C@H](NC)c1ncc(-c2cc3ccc(C)nc3cc2OC)o1. The minimum absolute atomic E-state index is 0.0383. The summed E-state index contributed by atoms with van der Waals surface area (Å²) in [6.45, 7) is 3.89. The molecule has 0 spiro atoms. The molecule has 2 heterocycles. The van der Waals surface area contributed by atoms with Crippen LogP contribution in [-0.2, 0) is 4.79 Å². The Hall–Kier alpha value is -2.73. The lowest BCUT2D eigenvalue weighted by molar-refractivity contribution is -0.118. The number of aromatic nitrogens is 2. The van der Waals surface area contributed by atoms with Crippen molar-refractivity contribution in [3.63, 3.8) is 0 Å². The van der Waals surface area contributed by atoms with Crippen molar-refractivity contribution < 1.29 is 13.9 Å². The Bertz CT molecular complexity index is 997. The highest BCUT2D eigenvalue weighted by Gasteiger charge is 2.18. The molecule has 1 atom stereocenters. The number of ether oxygens (including phenoxy) is 1. The van der Waals surface area contributed by atoms with Crippen molar-refractivity contribution in [1.82, 2.24) is 15.3 Å². The van der Waals surface area contributed by atoms with E-state index in [-0.39, 0.29) is 6.04 Å². The first kappa shape index (κ1) is 22.0. The number of nitrogens with one attached hydrogen (secondary N) is 1. The van der Waals surface area contributed by atoms with Gasteiger partial charge in [0.25, 0.3) is 0 Å². The Morgan fingerprint density at radius 3 is 2.80 bits per heavy atom. The summed E-state index contributed by atoms with van der Waals surface area (Å²) < 4.78 is 11.7. The van der Waals surface area contributed by atoms with E-state index in [2.05, 4.69) is 21.4 Å². The largest absolute Gasteiger partial charge is 0.496 e. The van der Waals surface area contributed by atoms with E-state index < -0.39 is 0 Å². The second-order valence-corrected chi connectivity index (χ2v) is 7.59. The molecule has 0 saturated carbocycles. The lowest BCUT2D eigenvalue weighted by atomic mass is 10.1. The van der Waals surface area contributed by atoms with Gasteiger partial charge in [-0.05, 0) is 38.9 Å². The van der Waals surface area contributed by atoms with Crippen molar-refractivity contribution in [3.05, 3.63) is 42.0 Å². The fourth-order valence-electron chi connectivity index (χ4n) is 3.60. The molecular formula is C24H31N3O3. The van der Waals surface area contributed by atoms with E-state index in [1.165, 1.54) is 0 Å². The second kappa shape index (κ2) is 10.3. The summed E-state index contributed by atoms with van der Waals surface area (Å²) in [4.78, 5) is 20.5. The van der Waals surface area contributed by atoms with Gasteiger partial charge in [0.05, 0.1) is 30.4 Å². The van der Waals surface area contributed by atoms with Crippen LogP contribution in [0, 0.1) is 6.92 Å². The molecule has 0 bridgehead atoms. The van der Waals surface area contributed by atoms with E-state index in [4.69, 9.17) is 9.15 Å². The summed E-state index contributed by atoms with van der Waals surface area (Å²) in [7, 11) is 3.57. The molecule has 0 aliphatic carbocycles. The average molecular weight is 410 g/mol. The number of hydrogen-bond acceptors (Lipinski definition) is 6. The van der Waals surface area contributed by atoms with Crippen molar-refractivity contribution in [1.29, 1.82) is 0 Å². The van der Waals surface area contributed by atoms with Crippen molar-refractivity contribution in [2.24, 2.45) is 0 Å². The van der Waals surface area contributed by atoms with Crippen LogP contribution >= 0.6 is 0 Å². The molecule has 0 aliphatic heterocycles. The first-order chi connectivity index (χ1) is 14.5. The molecule has 0 aliphatic rings. The molecular weight excluding hydrogens is 378 g/mol. The quantitative estimate of drug-likeness (QED) is 0.428. The molecule has 1 aromatic carbocycles. The Balaban J connectivity index is 1.73.